The molecule has 0 aliphatic carbocycles. The van der Waals surface area contributed by atoms with Crippen molar-refractivity contribution in [2.75, 3.05) is 16.6 Å². The summed E-state index contributed by atoms with van der Waals surface area (Å²) in [4.78, 5) is 12.9. The Labute approximate surface area is 198 Å². The Bertz CT molecular complexity index is 1370. The zero-order chi connectivity index (χ0) is 24.0. The van der Waals surface area contributed by atoms with Crippen LogP contribution < -0.4 is 14.8 Å². The summed E-state index contributed by atoms with van der Waals surface area (Å²) in [5.74, 6) is 0.243. The van der Waals surface area contributed by atoms with E-state index in [1.54, 1.807) is 47.3 Å². The maximum absolute atomic E-state index is 12.8. The van der Waals surface area contributed by atoms with E-state index < -0.39 is 10.0 Å². The number of hydrogen-bond acceptors (Lipinski definition) is 5. The highest BCUT2D eigenvalue weighted by Gasteiger charge is 2.15. The minimum Gasteiger partial charge on any atom is -0.494 e. The second-order valence-corrected chi connectivity index (χ2v) is 9.13. The van der Waals surface area contributed by atoms with Gasteiger partial charge in [0.1, 0.15) is 5.75 Å². The van der Waals surface area contributed by atoms with Gasteiger partial charge < -0.3 is 10.1 Å². The normalized spacial score (nSPS) is 11.1. The summed E-state index contributed by atoms with van der Waals surface area (Å²) in [7, 11) is -3.82. The van der Waals surface area contributed by atoms with E-state index in [1.807, 2.05) is 37.4 Å². The molecule has 0 spiro atoms. The second-order valence-electron chi connectivity index (χ2n) is 7.45. The van der Waals surface area contributed by atoms with Gasteiger partial charge in [0.15, 0.2) is 0 Å². The van der Waals surface area contributed by atoms with Crippen LogP contribution in [0.15, 0.2) is 96.2 Å². The minimum atomic E-state index is -3.82. The van der Waals surface area contributed by atoms with Crippen molar-refractivity contribution in [3.05, 3.63) is 102 Å². The highest BCUT2D eigenvalue weighted by atomic mass is 32.2. The Hall–Kier alpha value is -4.11. The number of hydrogen-bond donors (Lipinski definition) is 2. The van der Waals surface area contributed by atoms with Gasteiger partial charge in [0, 0.05) is 29.3 Å². The predicted molar refractivity (Wildman–Crippen MR) is 131 cm³/mol. The fraction of sp³-hybridized carbons (Fsp3) is 0.120. The SMILES string of the molecule is CCOc1ccc(S(=O)(=O)Nc2cccc(C(=O)Nc3cccc(Cn4cccn4)c3)c2)cc1. The van der Waals surface area contributed by atoms with E-state index in [4.69, 9.17) is 4.74 Å². The summed E-state index contributed by atoms with van der Waals surface area (Å²) in [6.45, 7) is 2.93. The average Bonchev–Trinajstić information content (AvgIpc) is 3.33. The summed E-state index contributed by atoms with van der Waals surface area (Å²) in [6.07, 6.45) is 3.58. The number of benzene rings is 3. The molecular weight excluding hydrogens is 452 g/mol. The first-order valence-electron chi connectivity index (χ1n) is 10.7. The molecule has 4 rings (SSSR count). The van der Waals surface area contributed by atoms with E-state index >= 15 is 0 Å². The Balaban J connectivity index is 1.45. The molecule has 2 N–H and O–H groups in total. The number of nitrogens with zero attached hydrogens (tertiary/aromatic N) is 2. The number of rotatable bonds is 9. The van der Waals surface area contributed by atoms with Crippen LogP contribution in [0.3, 0.4) is 0 Å². The van der Waals surface area contributed by atoms with E-state index in [-0.39, 0.29) is 16.5 Å². The lowest BCUT2D eigenvalue weighted by Gasteiger charge is -2.11. The predicted octanol–water partition coefficient (Wildman–Crippen LogP) is 4.38. The molecule has 0 saturated carbocycles. The van der Waals surface area contributed by atoms with Gasteiger partial charge in [0.25, 0.3) is 15.9 Å². The van der Waals surface area contributed by atoms with Crippen molar-refractivity contribution in [1.82, 2.24) is 9.78 Å². The first-order chi connectivity index (χ1) is 16.4. The zero-order valence-corrected chi connectivity index (χ0v) is 19.3. The first kappa shape index (κ1) is 23.1. The van der Waals surface area contributed by atoms with Crippen molar-refractivity contribution in [2.24, 2.45) is 0 Å². The molecule has 174 valence electrons. The van der Waals surface area contributed by atoms with Gasteiger partial charge in [-0.2, -0.15) is 5.10 Å². The fourth-order valence-electron chi connectivity index (χ4n) is 3.35. The quantitative estimate of drug-likeness (QED) is 0.373. The van der Waals surface area contributed by atoms with Crippen molar-refractivity contribution in [2.45, 2.75) is 18.4 Å². The topological polar surface area (TPSA) is 102 Å². The molecule has 0 bridgehead atoms. The van der Waals surface area contributed by atoms with Crippen LogP contribution >= 0.6 is 0 Å². The lowest BCUT2D eigenvalue weighted by molar-refractivity contribution is 0.102. The molecule has 0 unspecified atom stereocenters. The molecule has 9 heteroatoms. The van der Waals surface area contributed by atoms with Crippen LogP contribution in [-0.4, -0.2) is 30.7 Å². The monoisotopic (exact) mass is 476 g/mol. The van der Waals surface area contributed by atoms with Gasteiger partial charge in [0.2, 0.25) is 0 Å². The summed E-state index contributed by atoms with van der Waals surface area (Å²) >= 11 is 0. The third kappa shape index (κ3) is 5.81. The molecule has 0 atom stereocenters. The summed E-state index contributed by atoms with van der Waals surface area (Å²) in [5.41, 5.74) is 2.23. The number of anilines is 2. The van der Waals surface area contributed by atoms with E-state index in [1.165, 1.54) is 18.2 Å². The Kier molecular flexibility index (Phi) is 6.93. The van der Waals surface area contributed by atoms with Gasteiger partial charge in [-0.15, -0.1) is 0 Å². The summed E-state index contributed by atoms with van der Waals surface area (Å²) < 4.78 is 35.2. The van der Waals surface area contributed by atoms with E-state index in [0.29, 0.717) is 30.2 Å². The molecule has 34 heavy (non-hydrogen) atoms. The van der Waals surface area contributed by atoms with Crippen molar-refractivity contribution in [3.63, 3.8) is 0 Å². The van der Waals surface area contributed by atoms with Crippen LogP contribution in [0, 0.1) is 0 Å². The van der Waals surface area contributed by atoms with Crippen LogP contribution in [0.1, 0.15) is 22.8 Å². The standard InChI is InChI=1S/C25H24N4O4S/c1-2-33-23-10-12-24(13-11-23)34(31,32)28-22-9-4-7-20(17-22)25(30)27-21-8-3-6-19(16-21)18-29-15-5-14-26-29/h3-17,28H,2,18H2,1H3,(H,27,30). The summed E-state index contributed by atoms with van der Waals surface area (Å²) in [5, 5.41) is 7.05. The first-order valence-corrected chi connectivity index (χ1v) is 12.1. The van der Waals surface area contributed by atoms with Gasteiger partial charge in [-0.25, -0.2) is 8.42 Å². The lowest BCUT2D eigenvalue weighted by Crippen LogP contribution is -2.15. The molecule has 0 aliphatic heterocycles. The van der Waals surface area contributed by atoms with Crippen LogP contribution in [0.2, 0.25) is 0 Å². The van der Waals surface area contributed by atoms with Gasteiger partial charge in [-0.05, 0) is 73.2 Å². The van der Waals surface area contributed by atoms with E-state index in [9.17, 15) is 13.2 Å². The molecule has 8 nitrogen and oxygen atoms in total. The maximum Gasteiger partial charge on any atom is 0.261 e. The fourth-order valence-corrected chi connectivity index (χ4v) is 4.40. The zero-order valence-electron chi connectivity index (χ0n) is 18.5. The third-order valence-corrected chi connectivity index (χ3v) is 6.31. The number of sulfonamides is 1. The number of ether oxygens (including phenoxy) is 1. The number of aromatic nitrogens is 2. The van der Waals surface area contributed by atoms with Crippen LogP contribution in [0.5, 0.6) is 5.75 Å². The van der Waals surface area contributed by atoms with Crippen molar-refractivity contribution >= 4 is 27.3 Å². The third-order valence-electron chi connectivity index (χ3n) is 4.91. The molecule has 0 radical (unpaired) electrons. The smallest absolute Gasteiger partial charge is 0.261 e. The van der Waals surface area contributed by atoms with Gasteiger partial charge >= 0.3 is 0 Å². The minimum absolute atomic E-state index is 0.0970. The lowest BCUT2D eigenvalue weighted by atomic mass is 10.1. The Morgan fingerprint density at radius 2 is 1.74 bits per heavy atom. The van der Waals surface area contributed by atoms with Crippen LogP contribution in [-0.2, 0) is 16.6 Å². The van der Waals surface area contributed by atoms with Crippen molar-refractivity contribution in [1.29, 1.82) is 0 Å². The Morgan fingerprint density at radius 3 is 2.47 bits per heavy atom. The molecule has 0 saturated heterocycles. The second kappa shape index (κ2) is 10.2. The largest absolute Gasteiger partial charge is 0.494 e. The van der Waals surface area contributed by atoms with Crippen molar-refractivity contribution in [3.8, 4) is 5.75 Å². The molecule has 1 amide bonds. The van der Waals surface area contributed by atoms with Crippen LogP contribution in [0.25, 0.3) is 0 Å². The number of nitrogens with one attached hydrogen (secondary N) is 2. The van der Waals surface area contributed by atoms with E-state index in [2.05, 4.69) is 15.1 Å². The Morgan fingerprint density at radius 1 is 0.971 bits per heavy atom. The van der Waals surface area contributed by atoms with Gasteiger partial charge in [-0.1, -0.05) is 18.2 Å². The summed E-state index contributed by atoms with van der Waals surface area (Å²) in [6, 6.07) is 21.8. The molecule has 0 aliphatic rings. The molecule has 1 aromatic heterocycles. The molecule has 3 aromatic carbocycles. The maximum atomic E-state index is 12.8. The van der Waals surface area contributed by atoms with Crippen molar-refractivity contribution < 1.29 is 17.9 Å². The highest BCUT2D eigenvalue weighted by Crippen LogP contribution is 2.21. The molecular formula is C25H24N4O4S. The van der Waals surface area contributed by atoms with Crippen LogP contribution in [0.4, 0.5) is 11.4 Å². The highest BCUT2D eigenvalue weighted by molar-refractivity contribution is 7.92. The number of carbonyl (C=O) groups is 1. The molecule has 4 aromatic rings. The van der Waals surface area contributed by atoms with Gasteiger partial charge in [0.05, 0.1) is 18.0 Å². The van der Waals surface area contributed by atoms with E-state index in [0.717, 1.165) is 5.56 Å². The molecule has 0 fully saturated rings. The number of amides is 1. The number of carbonyl (C=O) groups excluding carboxylic acids is 1. The average molecular weight is 477 g/mol. The van der Waals surface area contributed by atoms with Gasteiger partial charge in [-0.3, -0.25) is 14.2 Å². The molecule has 1 heterocycles.